The van der Waals surface area contributed by atoms with Crippen molar-refractivity contribution in [2.75, 3.05) is 31.1 Å². The molecule has 2 aliphatic rings. The molecular weight excluding hydrogens is 506 g/mol. The van der Waals surface area contributed by atoms with Crippen molar-refractivity contribution >= 4 is 17.9 Å². The van der Waals surface area contributed by atoms with Crippen LogP contribution in [0.4, 0.5) is 19.3 Å². The quantitative estimate of drug-likeness (QED) is 0.395. The number of anilines is 1. The van der Waals surface area contributed by atoms with Gasteiger partial charge in [0.1, 0.15) is 11.4 Å². The van der Waals surface area contributed by atoms with Crippen LogP contribution in [0.5, 0.6) is 5.75 Å². The normalized spacial score (nSPS) is 19.1. The molecular formula is C30H30F2N2O5. The molecule has 1 amide bonds. The van der Waals surface area contributed by atoms with Gasteiger partial charge in [-0.05, 0) is 79.4 Å². The second kappa shape index (κ2) is 12.7. The van der Waals surface area contributed by atoms with Gasteiger partial charge in [-0.25, -0.2) is 13.6 Å². The Morgan fingerprint density at radius 1 is 0.974 bits per heavy atom. The third kappa shape index (κ3) is 6.69. The zero-order valence-electron chi connectivity index (χ0n) is 21.7. The summed E-state index contributed by atoms with van der Waals surface area (Å²) in [5.41, 5.74) is 2.81. The third-order valence-electron chi connectivity index (χ3n) is 7.04. The molecule has 0 radical (unpaired) electrons. The van der Waals surface area contributed by atoms with Crippen molar-refractivity contribution in [3.8, 4) is 16.9 Å². The standard InChI is InChI=1S/C29H30F2N2O3.CO2/c1-2-35-24-10-11-25(21-9-12-26(30)27(31)18-21)22(17-24)19-32-15-6-13-29(14-16-32)20-33(28(34)36-29)23-7-4-3-5-8-23;2-1-3/h3-5,7-12,17-18H,2,6,13-16,19-20H2,1H3;. The van der Waals surface area contributed by atoms with Crippen LogP contribution >= 0.6 is 0 Å². The summed E-state index contributed by atoms with van der Waals surface area (Å²) in [6.45, 7) is 5.25. The molecule has 2 aliphatic heterocycles. The summed E-state index contributed by atoms with van der Waals surface area (Å²) in [7, 11) is 0. The van der Waals surface area contributed by atoms with Crippen molar-refractivity contribution in [3.63, 3.8) is 0 Å². The van der Waals surface area contributed by atoms with Gasteiger partial charge in [0.25, 0.3) is 0 Å². The minimum Gasteiger partial charge on any atom is -0.494 e. The highest BCUT2D eigenvalue weighted by Crippen LogP contribution is 2.37. The largest absolute Gasteiger partial charge is 0.494 e. The number of hydrogen-bond donors (Lipinski definition) is 0. The summed E-state index contributed by atoms with van der Waals surface area (Å²) in [4.78, 5) is 33.0. The van der Waals surface area contributed by atoms with E-state index in [9.17, 15) is 13.6 Å². The van der Waals surface area contributed by atoms with E-state index in [2.05, 4.69) is 4.90 Å². The fraction of sp³-hybridized carbons (Fsp3) is 0.333. The van der Waals surface area contributed by atoms with Crippen LogP contribution in [-0.2, 0) is 20.9 Å². The van der Waals surface area contributed by atoms with Crippen LogP contribution in [0.15, 0.2) is 66.7 Å². The predicted octanol–water partition coefficient (Wildman–Crippen LogP) is 5.83. The van der Waals surface area contributed by atoms with Gasteiger partial charge in [0.15, 0.2) is 11.6 Å². The summed E-state index contributed by atoms with van der Waals surface area (Å²) >= 11 is 0. The molecule has 0 aromatic heterocycles. The lowest BCUT2D eigenvalue weighted by molar-refractivity contribution is -0.191. The number of rotatable bonds is 6. The van der Waals surface area contributed by atoms with E-state index in [1.807, 2.05) is 55.5 Å². The number of benzene rings is 3. The lowest BCUT2D eigenvalue weighted by Gasteiger charge is -2.26. The Hall–Kier alpha value is -4.07. The molecule has 0 N–H and O–H groups in total. The van der Waals surface area contributed by atoms with E-state index in [0.29, 0.717) is 25.3 Å². The maximum atomic E-state index is 14.0. The van der Waals surface area contributed by atoms with Gasteiger partial charge in [0.2, 0.25) is 0 Å². The molecule has 0 bridgehead atoms. The molecule has 9 heteroatoms. The van der Waals surface area contributed by atoms with Crippen LogP contribution in [0.3, 0.4) is 0 Å². The highest BCUT2D eigenvalue weighted by atomic mass is 19.2. The lowest BCUT2D eigenvalue weighted by atomic mass is 9.94. The number of ether oxygens (including phenoxy) is 2. The van der Waals surface area contributed by atoms with Gasteiger partial charge in [-0.1, -0.05) is 30.3 Å². The monoisotopic (exact) mass is 536 g/mol. The first kappa shape index (κ1) is 28.0. The summed E-state index contributed by atoms with van der Waals surface area (Å²) < 4.78 is 39.3. The Morgan fingerprint density at radius 2 is 1.74 bits per heavy atom. The molecule has 2 heterocycles. The number of nitrogens with zero attached hydrogens (tertiary/aromatic N) is 2. The maximum absolute atomic E-state index is 14.0. The number of likely N-dealkylation sites (tertiary alicyclic amines) is 1. The molecule has 39 heavy (non-hydrogen) atoms. The van der Waals surface area contributed by atoms with Crippen molar-refractivity contribution in [3.05, 3.63) is 83.9 Å². The second-order valence-corrected chi connectivity index (χ2v) is 9.57. The topological polar surface area (TPSA) is 76.2 Å². The summed E-state index contributed by atoms with van der Waals surface area (Å²) in [6.07, 6.45) is 2.38. The van der Waals surface area contributed by atoms with E-state index in [-0.39, 0.29) is 12.2 Å². The van der Waals surface area contributed by atoms with E-state index in [1.165, 1.54) is 6.07 Å². The lowest BCUT2D eigenvalue weighted by Crippen LogP contribution is -2.36. The van der Waals surface area contributed by atoms with Crippen molar-refractivity contribution in [2.45, 2.75) is 38.3 Å². The Balaban J connectivity index is 0.00000112. The highest BCUT2D eigenvalue weighted by molar-refractivity contribution is 5.90. The van der Waals surface area contributed by atoms with Crippen LogP contribution in [-0.4, -0.2) is 49.0 Å². The van der Waals surface area contributed by atoms with Gasteiger partial charge in [0, 0.05) is 25.2 Å². The van der Waals surface area contributed by atoms with Crippen LogP contribution in [0.2, 0.25) is 0 Å². The molecule has 1 unspecified atom stereocenters. The Morgan fingerprint density at radius 3 is 2.46 bits per heavy atom. The van der Waals surface area contributed by atoms with Crippen molar-refractivity contribution < 1.29 is 32.6 Å². The van der Waals surface area contributed by atoms with E-state index >= 15 is 0 Å². The number of para-hydroxylation sites is 1. The minimum atomic E-state index is -0.866. The number of halogens is 2. The fourth-order valence-electron chi connectivity index (χ4n) is 5.22. The SMILES string of the molecule is CCOc1ccc(-c2ccc(F)c(F)c2)c(CN2CCCC3(CC2)CN(c2ccccc2)C(=O)O3)c1.O=C=O. The molecule has 3 aromatic carbocycles. The first-order valence-electron chi connectivity index (χ1n) is 12.9. The van der Waals surface area contributed by atoms with Crippen LogP contribution in [0.1, 0.15) is 31.7 Å². The molecule has 0 aliphatic carbocycles. The minimum absolute atomic E-state index is 0.250. The first-order valence-corrected chi connectivity index (χ1v) is 12.9. The first-order chi connectivity index (χ1) is 18.9. The highest BCUT2D eigenvalue weighted by Gasteiger charge is 2.46. The van der Waals surface area contributed by atoms with Crippen LogP contribution < -0.4 is 9.64 Å². The molecule has 2 saturated heterocycles. The van der Waals surface area contributed by atoms with E-state index < -0.39 is 17.2 Å². The Kier molecular flexibility index (Phi) is 9.07. The van der Waals surface area contributed by atoms with Crippen molar-refractivity contribution in [1.82, 2.24) is 4.90 Å². The van der Waals surface area contributed by atoms with Gasteiger partial charge >= 0.3 is 12.2 Å². The molecule has 3 aromatic rings. The smallest absolute Gasteiger partial charge is 0.415 e. The van der Waals surface area contributed by atoms with Gasteiger partial charge in [-0.3, -0.25) is 9.80 Å². The van der Waals surface area contributed by atoms with Gasteiger partial charge < -0.3 is 9.47 Å². The number of carbonyl (C=O) groups excluding carboxylic acids is 3. The van der Waals surface area contributed by atoms with E-state index in [4.69, 9.17) is 19.1 Å². The van der Waals surface area contributed by atoms with E-state index in [1.54, 1.807) is 11.0 Å². The number of hydrogen-bond acceptors (Lipinski definition) is 6. The molecule has 2 fully saturated rings. The summed E-state index contributed by atoms with van der Waals surface area (Å²) in [5, 5.41) is 0. The molecule has 5 rings (SSSR count). The second-order valence-electron chi connectivity index (χ2n) is 9.57. The molecule has 1 atom stereocenters. The van der Waals surface area contributed by atoms with Crippen LogP contribution in [0, 0.1) is 11.6 Å². The predicted molar refractivity (Wildman–Crippen MR) is 140 cm³/mol. The van der Waals surface area contributed by atoms with Crippen molar-refractivity contribution in [1.29, 1.82) is 0 Å². The number of carbonyl (C=O) groups is 1. The van der Waals surface area contributed by atoms with Gasteiger partial charge in [-0.15, -0.1) is 0 Å². The van der Waals surface area contributed by atoms with Gasteiger partial charge in [0.05, 0.1) is 13.2 Å². The maximum Gasteiger partial charge on any atom is 0.415 e. The van der Waals surface area contributed by atoms with Crippen LogP contribution in [0.25, 0.3) is 11.1 Å². The summed E-state index contributed by atoms with van der Waals surface area (Å²) in [5.74, 6) is -0.983. The average Bonchev–Trinajstić information content (AvgIpc) is 3.13. The average molecular weight is 537 g/mol. The van der Waals surface area contributed by atoms with Crippen molar-refractivity contribution in [2.24, 2.45) is 0 Å². The fourth-order valence-corrected chi connectivity index (χ4v) is 5.22. The van der Waals surface area contributed by atoms with E-state index in [0.717, 1.165) is 61.0 Å². The molecule has 7 nitrogen and oxygen atoms in total. The molecule has 1 spiro atoms. The summed E-state index contributed by atoms with van der Waals surface area (Å²) in [6, 6.07) is 19.4. The number of amides is 1. The third-order valence-corrected chi connectivity index (χ3v) is 7.04. The zero-order valence-corrected chi connectivity index (χ0v) is 21.7. The van der Waals surface area contributed by atoms with Gasteiger partial charge in [-0.2, -0.15) is 9.59 Å². The Bertz CT molecular complexity index is 1330. The molecule has 0 saturated carbocycles. The zero-order chi connectivity index (χ0) is 27.8. The molecule has 204 valence electrons. The Labute approximate surface area is 225 Å².